The zero-order valence-corrected chi connectivity index (χ0v) is 72.0. The van der Waals surface area contributed by atoms with Gasteiger partial charge in [-0.15, -0.1) is 11.3 Å². The predicted molar refractivity (Wildman–Crippen MR) is 554 cm³/mol. The maximum atomic E-state index is 2.48. The zero-order valence-electron chi connectivity index (χ0n) is 70.1. The maximum absolute atomic E-state index is 2.81. The Hall–Kier alpha value is -16.1. The molecule has 23 aromatic carbocycles. The summed E-state index contributed by atoms with van der Waals surface area (Å²) < 4.78 is 7.54. The number of para-hydroxylation sites is 4. The molecule has 0 spiro atoms. The van der Waals surface area contributed by atoms with Crippen LogP contribution in [-0.4, -0.2) is 17.2 Å². The number of aromatic nitrogens is 2. The van der Waals surface area contributed by atoms with Gasteiger partial charge in [0.15, 0.2) is 8.07 Å². The van der Waals surface area contributed by atoms with Crippen molar-refractivity contribution >= 4 is 179 Å². The molecule has 0 unspecified atom stereocenters. The van der Waals surface area contributed by atoms with Gasteiger partial charge in [0, 0.05) is 53.1 Å². The number of benzene rings is 23. The van der Waals surface area contributed by atoms with Gasteiger partial charge in [-0.3, -0.25) is 0 Å². The first-order valence-electron chi connectivity index (χ1n) is 44.2. The fourth-order valence-electron chi connectivity index (χ4n) is 20.6. The second kappa shape index (κ2) is 31.9. The number of nitrogens with zero attached hydrogens (tertiary/aromatic N) is 2. The summed E-state index contributed by atoms with van der Waals surface area (Å²) >= 11 is 1.93. The summed E-state index contributed by atoms with van der Waals surface area (Å²) in [6.45, 7) is 0. The normalized spacial score (nSPS) is 11.8. The van der Waals surface area contributed by atoms with Crippen molar-refractivity contribution in [3.05, 3.63) is 497 Å². The molecule has 128 heavy (non-hydrogen) atoms. The van der Waals surface area contributed by atoms with Crippen LogP contribution >= 0.6 is 11.3 Å². The molecule has 2 nitrogen and oxygen atoms in total. The third kappa shape index (κ3) is 13.1. The first-order valence-corrected chi connectivity index (χ1v) is 47.0. The van der Waals surface area contributed by atoms with Gasteiger partial charge >= 0.3 is 0 Å². The van der Waals surface area contributed by atoms with Gasteiger partial charge in [-0.25, -0.2) is 0 Å². The largest absolute Gasteiger partial charge is 0.309 e. The highest BCUT2D eigenvalue weighted by Gasteiger charge is 2.43. The van der Waals surface area contributed by atoms with Crippen molar-refractivity contribution in [1.82, 2.24) is 9.13 Å². The molecule has 0 radical (unpaired) electrons. The quantitative estimate of drug-likeness (QED) is 0.0694. The van der Waals surface area contributed by atoms with E-state index in [-0.39, 0.29) is 0 Å². The minimum Gasteiger partial charge on any atom is -0.309 e. The van der Waals surface area contributed by atoms with Crippen LogP contribution in [0.2, 0.25) is 0 Å². The van der Waals surface area contributed by atoms with Crippen molar-refractivity contribution in [3.63, 3.8) is 0 Å². The minimum atomic E-state index is -2.81. The van der Waals surface area contributed by atoms with E-state index in [9.17, 15) is 0 Å². The van der Waals surface area contributed by atoms with Crippen molar-refractivity contribution in [2.75, 3.05) is 0 Å². The third-order valence-electron chi connectivity index (χ3n) is 26.5. The van der Waals surface area contributed by atoms with E-state index in [1.165, 1.54) is 227 Å². The van der Waals surface area contributed by atoms with Gasteiger partial charge in [0.1, 0.15) is 0 Å². The molecular weight excluding hydrogens is 1580 g/mol. The summed E-state index contributed by atoms with van der Waals surface area (Å²) in [4.78, 5) is 0. The van der Waals surface area contributed by atoms with Gasteiger partial charge in [0.05, 0.1) is 22.1 Å². The topological polar surface area (TPSA) is 9.86 Å². The van der Waals surface area contributed by atoms with Crippen LogP contribution in [0.3, 0.4) is 0 Å². The Morgan fingerprint density at radius 2 is 0.516 bits per heavy atom. The molecule has 26 rings (SSSR count). The minimum absolute atomic E-state index is 1.17. The van der Waals surface area contributed by atoms with E-state index < -0.39 is 8.07 Å². The first-order chi connectivity index (χ1) is 63.5. The average Bonchev–Trinajstić information content (AvgIpc) is 1.57. The maximum Gasteiger partial charge on any atom is 0.181 e. The molecule has 598 valence electrons. The second-order valence-corrected chi connectivity index (χ2v) is 38.5. The zero-order chi connectivity index (χ0) is 84.6. The Kier molecular flexibility index (Phi) is 18.9. The average molecular weight is 1660 g/mol. The molecule has 0 bridgehead atoms. The molecule has 0 N–H and O–H groups in total. The van der Waals surface area contributed by atoms with Crippen molar-refractivity contribution in [2.24, 2.45) is 0 Å². The molecule has 0 atom stereocenters. The van der Waals surface area contributed by atoms with Crippen LogP contribution in [0.4, 0.5) is 0 Å². The van der Waals surface area contributed by atoms with Gasteiger partial charge < -0.3 is 9.13 Å². The van der Waals surface area contributed by atoms with E-state index in [1.54, 1.807) is 0 Å². The Balaban J connectivity index is 0.000000107. The molecule has 0 saturated heterocycles. The molecule has 0 amide bonds. The summed E-state index contributed by atoms with van der Waals surface area (Å²) in [7, 11) is -2.81. The summed E-state index contributed by atoms with van der Waals surface area (Å²) in [5.41, 5.74) is 19.7. The van der Waals surface area contributed by atoms with E-state index in [2.05, 4.69) is 507 Å². The molecular formula is C124H82N2SSi. The number of hydrogen-bond donors (Lipinski definition) is 0. The Labute approximate surface area is 747 Å². The van der Waals surface area contributed by atoms with E-state index in [0.717, 1.165) is 0 Å². The highest BCUT2D eigenvalue weighted by atomic mass is 32.1. The summed E-state index contributed by atoms with van der Waals surface area (Å²) in [6, 6.07) is 183. The van der Waals surface area contributed by atoms with Gasteiger partial charge in [-0.1, -0.05) is 400 Å². The number of fused-ring (bicyclic) bond motifs is 20. The van der Waals surface area contributed by atoms with Crippen molar-refractivity contribution in [2.45, 2.75) is 0 Å². The summed E-state index contributed by atoms with van der Waals surface area (Å²) in [6.07, 6.45) is 0. The lowest BCUT2D eigenvalue weighted by molar-refractivity contribution is 1.18. The standard InChI is InChI=1S/C42H29NSSi.C42H27N.C40H26/c1-3-16-31(17-4-1)45(32-18-5-2-6-19-32,41-28-14-24-37-36-23-9-12-27-40(36)44-42(37)41)33-20-13-15-30(29-33)43-38-25-10-7-21-34(38)35-22-8-11-26-39(35)43;1-2-14-35-33(12-1)34-13-3-4-15-36(34)40-27-31(22-25-37(35)40)30-11-9-10-29(26-30)28-20-23-32(24-21-28)43-41-18-7-5-16-38(41)39-17-6-8-19-42(39)43;1-2-9-28-22-31(17-16-27(28)8-1)33-21-20-32-23-30(18-19-34(32)24-33)29-11-7-12-35(25-29)40-26-36-10-3-4-13-37(36)38-14-5-6-15-39(38)40/h1-29H;1-27H;1-26H. The highest BCUT2D eigenvalue weighted by molar-refractivity contribution is 7.30. The van der Waals surface area contributed by atoms with Crippen molar-refractivity contribution in [3.8, 4) is 67.0 Å². The van der Waals surface area contributed by atoms with Crippen molar-refractivity contribution < 1.29 is 0 Å². The molecule has 3 aromatic heterocycles. The van der Waals surface area contributed by atoms with E-state index in [4.69, 9.17) is 0 Å². The number of thiophene rings is 1. The molecule has 0 fully saturated rings. The van der Waals surface area contributed by atoms with E-state index in [1.807, 2.05) is 11.3 Å². The number of rotatable bonds is 11. The van der Waals surface area contributed by atoms with Crippen molar-refractivity contribution in [1.29, 1.82) is 0 Å². The van der Waals surface area contributed by atoms with Gasteiger partial charge in [0.25, 0.3) is 0 Å². The van der Waals surface area contributed by atoms with Crippen LogP contribution in [0.5, 0.6) is 0 Å². The molecule has 3 heterocycles. The van der Waals surface area contributed by atoms with Crippen LogP contribution in [0.1, 0.15) is 0 Å². The fraction of sp³-hybridized carbons (Fsp3) is 0. The molecule has 0 aliphatic carbocycles. The SMILES string of the molecule is c1cc(-c2ccc(-n3c4ccccc4c4ccccc43)cc2)cc(-c2ccc3c4ccccc4c4ccccc4c3c2)c1.c1cc(-c2ccc3cc(-c4ccc5ccccc5c4)ccc3c2)cc(-c2cc3ccccc3c3ccccc23)c1.c1ccc([Si](c2ccccc2)(c2cccc(-n3c4ccccc4c4ccccc43)c2)c2cccc3c2sc2ccccc23)cc1. The highest BCUT2D eigenvalue weighted by Crippen LogP contribution is 2.43. The number of hydrogen-bond acceptors (Lipinski definition) is 1. The fourth-order valence-corrected chi connectivity index (χ4v) is 27.1. The van der Waals surface area contributed by atoms with Gasteiger partial charge in [0.2, 0.25) is 0 Å². The van der Waals surface area contributed by atoms with Gasteiger partial charge in [-0.2, -0.15) is 0 Å². The van der Waals surface area contributed by atoms with Gasteiger partial charge in [-0.05, 0) is 249 Å². The smallest absolute Gasteiger partial charge is 0.181 e. The Bertz CT molecular complexity index is 8660. The summed E-state index contributed by atoms with van der Waals surface area (Å²) in [5, 5.41) is 31.4. The Morgan fingerprint density at radius 3 is 1.08 bits per heavy atom. The lowest BCUT2D eigenvalue weighted by Crippen LogP contribution is -2.74. The van der Waals surface area contributed by atoms with Crippen LogP contribution in [0, 0.1) is 0 Å². The lowest BCUT2D eigenvalue weighted by atomic mass is 9.91. The predicted octanol–water partition coefficient (Wildman–Crippen LogP) is 31.4. The van der Waals surface area contributed by atoms with Crippen LogP contribution in [0.25, 0.3) is 206 Å². The Morgan fingerprint density at radius 1 is 0.164 bits per heavy atom. The lowest BCUT2D eigenvalue weighted by Gasteiger charge is -2.35. The monoisotopic (exact) mass is 1660 g/mol. The third-order valence-corrected chi connectivity index (χ3v) is 32.7. The van der Waals surface area contributed by atoms with E-state index in [0.29, 0.717) is 0 Å². The molecule has 0 aliphatic heterocycles. The molecule has 26 aromatic rings. The first kappa shape index (κ1) is 75.6. The van der Waals surface area contributed by atoms with Crippen LogP contribution in [0.15, 0.2) is 497 Å². The van der Waals surface area contributed by atoms with Crippen LogP contribution in [-0.2, 0) is 0 Å². The van der Waals surface area contributed by atoms with E-state index >= 15 is 0 Å². The molecule has 4 heteroatoms. The molecule has 0 aliphatic rings. The summed E-state index contributed by atoms with van der Waals surface area (Å²) in [5.74, 6) is 0. The van der Waals surface area contributed by atoms with Crippen LogP contribution < -0.4 is 20.7 Å². The molecule has 0 saturated carbocycles. The second-order valence-electron chi connectivity index (χ2n) is 33.6.